The minimum atomic E-state index is 0.379. The number of nitrogens with zero attached hydrogens (tertiary/aromatic N) is 2. The van der Waals surface area contributed by atoms with Gasteiger partial charge in [0.25, 0.3) is 0 Å². The summed E-state index contributed by atoms with van der Waals surface area (Å²) in [6.07, 6.45) is 0. The molecule has 112 valence electrons. The van der Waals surface area contributed by atoms with Crippen molar-refractivity contribution in [2.45, 2.75) is 46.7 Å². The van der Waals surface area contributed by atoms with Crippen molar-refractivity contribution in [1.82, 2.24) is 9.88 Å². The summed E-state index contributed by atoms with van der Waals surface area (Å²) >= 11 is 5.07. The lowest BCUT2D eigenvalue weighted by molar-refractivity contribution is 0.182. The van der Waals surface area contributed by atoms with Crippen LogP contribution < -0.4 is 11.1 Å². The molecule has 0 aliphatic heterocycles. The molecule has 0 fully saturated rings. The van der Waals surface area contributed by atoms with Gasteiger partial charge in [0.2, 0.25) is 0 Å². The molecule has 0 radical (unpaired) electrons. The first-order valence-corrected chi connectivity index (χ1v) is 7.50. The third kappa shape index (κ3) is 4.72. The van der Waals surface area contributed by atoms with Gasteiger partial charge in [-0.2, -0.15) is 0 Å². The van der Waals surface area contributed by atoms with E-state index in [1.165, 1.54) is 0 Å². The lowest BCUT2D eigenvalue weighted by atomic mass is 10.2. The molecular formula is C15H26N4S. The van der Waals surface area contributed by atoms with Gasteiger partial charge in [0.15, 0.2) is 0 Å². The molecule has 0 saturated heterocycles. The SMILES string of the molecule is Cc1ccc(C(N)=S)c(NCCN(C(C)C)C(C)C)n1. The Labute approximate surface area is 127 Å². The molecule has 3 N–H and O–H groups in total. The van der Waals surface area contributed by atoms with E-state index in [0.717, 1.165) is 30.2 Å². The summed E-state index contributed by atoms with van der Waals surface area (Å²) in [5.41, 5.74) is 7.50. The molecule has 1 aromatic heterocycles. The summed E-state index contributed by atoms with van der Waals surface area (Å²) in [5, 5.41) is 3.36. The van der Waals surface area contributed by atoms with Crippen LogP contribution in [0, 0.1) is 6.92 Å². The van der Waals surface area contributed by atoms with Crippen LogP contribution in [0.25, 0.3) is 0 Å². The van der Waals surface area contributed by atoms with Crippen LogP contribution in [-0.2, 0) is 0 Å². The van der Waals surface area contributed by atoms with Crippen molar-refractivity contribution >= 4 is 23.0 Å². The van der Waals surface area contributed by atoms with E-state index < -0.39 is 0 Å². The Balaban J connectivity index is 2.70. The van der Waals surface area contributed by atoms with Gasteiger partial charge in [-0.25, -0.2) is 4.98 Å². The quantitative estimate of drug-likeness (QED) is 0.757. The predicted molar refractivity (Wildman–Crippen MR) is 90.3 cm³/mol. The first-order chi connectivity index (χ1) is 9.32. The summed E-state index contributed by atoms with van der Waals surface area (Å²) in [6, 6.07) is 4.90. The molecular weight excluding hydrogens is 268 g/mol. The number of pyridine rings is 1. The van der Waals surface area contributed by atoms with E-state index in [1.54, 1.807) is 0 Å². The van der Waals surface area contributed by atoms with Crippen LogP contribution in [0.2, 0.25) is 0 Å². The highest BCUT2D eigenvalue weighted by atomic mass is 32.1. The molecule has 0 aliphatic rings. The second kappa shape index (κ2) is 7.55. The largest absolute Gasteiger partial charge is 0.389 e. The molecule has 0 atom stereocenters. The van der Waals surface area contributed by atoms with Gasteiger partial charge in [0.1, 0.15) is 10.8 Å². The van der Waals surface area contributed by atoms with E-state index in [4.69, 9.17) is 18.0 Å². The molecule has 0 aliphatic carbocycles. The fourth-order valence-corrected chi connectivity index (χ4v) is 2.47. The van der Waals surface area contributed by atoms with Gasteiger partial charge >= 0.3 is 0 Å². The topological polar surface area (TPSA) is 54.2 Å². The third-order valence-corrected chi connectivity index (χ3v) is 3.51. The smallest absolute Gasteiger partial charge is 0.136 e. The van der Waals surface area contributed by atoms with Gasteiger partial charge in [0.05, 0.1) is 5.56 Å². The van der Waals surface area contributed by atoms with Crippen molar-refractivity contribution in [1.29, 1.82) is 0 Å². The molecule has 0 saturated carbocycles. The zero-order valence-corrected chi connectivity index (χ0v) is 13.9. The summed E-state index contributed by atoms with van der Waals surface area (Å²) < 4.78 is 0. The molecule has 1 heterocycles. The Bertz CT molecular complexity index is 449. The Morgan fingerprint density at radius 1 is 1.30 bits per heavy atom. The van der Waals surface area contributed by atoms with Crippen LogP contribution in [0.1, 0.15) is 39.0 Å². The number of aryl methyl sites for hydroxylation is 1. The zero-order valence-electron chi connectivity index (χ0n) is 13.1. The second-order valence-electron chi connectivity index (χ2n) is 5.57. The first kappa shape index (κ1) is 16.9. The van der Waals surface area contributed by atoms with Crippen LogP contribution >= 0.6 is 12.2 Å². The molecule has 1 aromatic rings. The van der Waals surface area contributed by atoms with E-state index >= 15 is 0 Å². The number of aromatic nitrogens is 1. The van der Waals surface area contributed by atoms with E-state index in [9.17, 15) is 0 Å². The number of hydrogen-bond acceptors (Lipinski definition) is 4. The monoisotopic (exact) mass is 294 g/mol. The van der Waals surface area contributed by atoms with Crippen LogP contribution in [0.3, 0.4) is 0 Å². The summed E-state index contributed by atoms with van der Waals surface area (Å²) in [7, 11) is 0. The predicted octanol–water partition coefficient (Wildman–Crippen LogP) is 2.55. The van der Waals surface area contributed by atoms with Gasteiger partial charge in [-0.3, -0.25) is 4.90 Å². The Morgan fingerprint density at radius 2 is 1.90 bits per heavy atom. The number of hydrogen-bond donors (Lipinski definition) is 2. The van der Waals surface area contributed by atoms with Crippen molar-refractivity contribution in [3.63, 3.8) is 0 Å². The number of rotatable bonds is 7. The van der Waals surface area contributed by atoms with Crippen molar-refractivity contribution in [3.8, 4) is 0 Å². The lowest BCUT2D eigenvalue weighted by Gasteiger charge is -2.30. The standard InChI is InChI=1S/C15H26N4S/c1-10(2)19(11(3)4)9-8-17-15-13(14(16)20)7-6-12(5)18-15/h6-7,10-11H,8-9H2,1-5H3,(H2,16,20)(H,17,18). The molecule has 0 amide bonds. The van der Waals surface area contributed by atoms with Crippen molar-refractivity contribution in [3.05, 3.63) is 23.4 Å². The van der Waals surface area contributed by atoms with Crippen molar-refractivity contribution in [2.24, 2.45) is 5.73 Å². The fourth-order valence-electron chi connectivity index (χ4n) is 2.31. The number of nitrogens with one attached hydrogen (secondary N) is 1. The first-order valence-electron chi connectivity index (χ1n) is 7.10. The zero-order chi connectivity index (χ0) is 15.3. The van der Waals surface area contributed by atoms with Gasteiger partial charge in [-0.15, -0.1) is 0 Å². The van der Waals surface area contributed by atoms with Crippen LogP contribution in [-0.4, -0.2) is 40.0 Å². The highest BCUT2D eigenvalue weighted by Crippen LogP contribution is 2.13. The third-order valence-electron chi connectivity index (χ3n) is 3.29. The maximum atomic E-state index is 5.73. The van der Waals surface area contributed by atoms with Gasteiger partial charge in [-0.05, 0) is 46.8 Å². The molecule has 4 nitrogen and oxygen atoms in total. The van der Waals surface area contributed by atoms with Crippen molar-refractivity contribution < 1.29 is 0 Å². The molecule has 0 unspecified atom stereocenters. The van der Waals surface area contributed by atoms with E-state index in [1.807, 2.05) is 19.1 Å². The van der Waals surface area contributed by atoms with E-state index in [-0.39, 0.29) is 0 Å². The molecule has 1 rings (SSSR count). The second-order valence-corrected chi connectivity index (χ2v) is 6.00. The number of thiocarbonyl (C=S) groups is 1. The molecule has 0 aromatic carbocycles. The molecule has 5 heteroatoms. The summed E-state index contributed by atoms with van der Waals surface area (Å²) in [4.78, 5) is 7.30. The Hall–Kier alpha value is -1.20. The highest BCUT2D eigenvalue weighted by molar-refractivity contribution is 7.80. The number of anilines is 1. The van der Waals surface area contributed by atoms with E-state index in [0.29, 0.717) is 17.1 Å². The van der Waals surface area contributed by atoms with Gasteiger partial charge in [-0.1, -0.05) is 12.2 Å². The normalized spacial score (nSPS) is 11.4. The van der Waals surface area contributed by atoms with Crippen LogP contribution in [0.4, 0.5) is 5.82 Å². The Kier molecular flexibility index (Phi) is 6.36. The minimum Gasteiger partial charge on any atom is -0.389 e. The fraction of sp³-hybridized carbons (Fsp3) is 0.600. The van der Waals surface area contributed by atoms with Crippen LogP contribution in [0.5, 0.6) is 0 Å². The van der Waals surface area contributed by atoms with Crippen LogP contribution in [0.15, 0.2) is 12.1 Å². The highest BCUT2D eigenvalue weighted by Gasteiger charge is 2.13. The average molecular weight is 294 g/mol. The van der Waals surface area contributed by atoms with Gasteiger partial charge < -0.3 is 11.1 Å². The van der Waals surface area contributed by atoms with Crippen molar-refractivity contribution in [2.75, 3.05) is 18.4 Å². The van der Waals surface area contributed by atoms with Gasteiger partial charge in [0, 0.05) is 30.9 Å². The molecule has 0 bridgehead atoms. The maximum absolute atomic E-state index is 5.73. The Morgan fingerprint density at radius 3 is 2.40 bits per heavy atom. The molecule has 0 spiro atoms. The summed E-state index contributed by atoms with van der Waals surface area (Å²) in [5.74, 6) is 0.782. The average Bonchev–Trinajstić information content (AvgIpc) is 2.33. The molecule has 20 heavy (non-hydrogen) atoms. The maximum Gasteiger partial charge on any atom is 0.136 e. The number of nitrogens with two attached hydrogens (primary N) is 1. The lowest BCUT2D eigenvalue weighted by Crippen LogP contribution is -2.40. The summed E-state index contributed by atoms with van der Waals surface area (Å²) in [6.45, 7) is 12.6. The van der Waals surface area contributed by atoms with E-state index in [2.05, 4.69) is 42.9 Å². The minimum absolute atomic E-state index is 0.379.